The summed E-state index contributed by atoms with van der Waals surface area (Å²) in [7, 11) is 1.36. The average Bonchev–Trinajstić information content (AvgIpc) is 3.83. The summed E-state index contributed by atoms with van der Waals surface area (Å²) in [6, 6.07) is 8.03. The number of carbonyl (C=O) groups excluding carboxylic acids is 2. The predicted molar refractivity (Wildman–Crippen MR) is 154 cm³/mol. The third-order valence-electron chi connectivity index (χ3n) is 9.14. The Morgan fingerprint density at radius 2 is 1.86 bits per heavy atom. The van der Waals surface area contributed by atoms with Gasteiger partial charge in [0.05, 0.1) is 28.8 Å². The number of ether oxygens (including phenoxy) is 2. The van der Waals surface area contributed by atoms with Crippen molar-refractivity contribution in [1.29, 1.82) is 0 Å². The normalized spacial score (nSPS) is 27.0. The molecule has 5 rings (SSSR count). The van der Waals surface area contributed by atoms with Crippen molar-refractivity contribution < 1.29 is 41.7 Å². The summed E-state index contributed by atoms with van der Waals surface area (Å²) < 4.78 is 65.1. The number of piperidine rings is 1. The molecule has 11 heteroatoms. The van der Waals surface area contributed by atoms with Crippen LogP contribution in [0.1, 0.15) is 61.1 Å². The van der Waals surface area contributed by atoms with E-state index in [1.165, 1.54) is 19.2 Å². The smallest absolute Gasteiger partial charge is 0.416 e. The Bertz CT molecular complexity index is 1310. The van der Waals surface area contributed by atoms with Crippen LogP contribution in [0.2, 0.25) is 0 Å². The highest BCUT2D eigenvalue weighted by Gasteiger charge is 2.54. The van der Waals surface area contributed by atoms with Crippen LogP contribution in [-0.4, -0.2) is 60.2 Å². The van der Waals surface area contributed by atoms with E-state index in [0.717, 1.165) is 30.5 Å². The number of Topliss-reactive ketones (excluding diaryl/α,β-unsaturated/α-hetero) is 1. The lowest BCUT2D eigenvalue weighted by Gasteiger charge is -2.46. The van der Waals surface area contributed by atoms with Crippen LogP contribution in [0.4, 0.5) is 17.6 Å². The molecule has 2 aliphatic heterocycles. The number of methoxy groups -OCH3 is 1. The molecule has 2 aromatic carbocycles. The number of alkyl halides is 3. The number of aromatic hydroxyl groups is 1. The average molecular weight is 704 g/mol. The molecular weight excluding hydrogens is 669 g/mol. The van der Waals surface area contributed by atoms with Gasteiger partial charge < -0.3 is 14.6 Å². The molecule has 0 unspecified atom stereocenters. The number of likely N-dealkylation sites (tertiary alicyclic amines) is 1. The van der Waals surface area contributed by atoms with Gasteiger partial charge in [-0.1, -0.05) is 12.1 Å². The van der Waals surface area contributed by atoms with E-state index in [2.05, 4.69) is 4.90 Å². The van der Waals surface area contributed by atoms with Gasteiger partial charge in [0.1, 0.15) is 17.2 Å². The quantitative estimate of drug-likeness (QED) is 0.199. The monoisotopic (exact) mass is 703 g/mol. The highest BCUT2D eigenvalue weighted by atomic mass is 127. The van der Waals surface area contributed by atoms with E-state index < -0.39 is 23.3 Å². The van der Waals surface area contributed by atoms with E-state index in [1.807, 2.05) is 0 Å². The molecular formula is C31H34F4INO5. The first kappa shape index (κ1) is 31.2. The van der Waals surface area contributed by atoms with Crippen LogP contribution in [0.3, 0.4) is 0 Å². The number of carbonyl (C=O) groups is 2. The van der Waals surface area contributed by atoms with Crippen molar-refractivity contribution in [2.45, 2.75) is 68.7 Å². The van der Waals surface area contributed by atoms with E-state index in [-0.39, 0.29) is 63.2 Å². The summed E-state index contributed by atoms with van der Waals surface area (Å²) in [5, 5.41) is 10.4. The molecule has 1 N–H and O–H groups in total. The molecule has 42 heavy (non-hydrogen) atoms. The number of halogens is 5. The molecule has 3 fully saturated rings. The van der Waals surface area contributed by atoms with Gasteiger partial charge in [0.15, 0.2) is 5.78 Å². The number of rotatable bonds is 8. The first-order valence-electron chi connectivity index (χ1n) is 14.3. The second kappa shape index (κ2) is 12.4. The molecule has 0 radical (unpaired) electrons. The van der Waals surface area contributed by atoms with Crippen LogP contribution in [0.5, 0.6) is 5.75 Å². The van der Waals surface area contributed by atoms with Crippen molar-refractivity contribution in [2.75, 3.05) is 26.8 Å². The maximum atomic E-state index is 13.6. The topological polar surface area (TPSA) is 76.1 Å². The molecule has 4 atom stereocenters. The fraction of sp³-hybridized carbons (Fsp3) is 0.548. The van der Waals surface area contributed by atoms with Crippen LogP contribution >= 0.6 is 22.6 Å². The Morgan fingerprint density at radius 1 is 1.14 bits per heavy atom. The van der Waals surface area contributed by atoms with E-state index in [4.69, 9.17) is 9.47 Å². The van der Waals surface area contributed by atoms with Crippen molar-refractivity contribution in [3.8, 4) is 5.75 Å². The van der Waals surface area contributed by atoms with Crippen LogP contribution in [0, 0.1) is 21.2 Å². The molecule has 0 bridgehead atoms. The van der Waals surface area contributed by atoms with Crippen molar-refractivity contribution in [3.05, 3.63) is 62.5 Å². The van der Waals surface area contributed by atoms with Gasteiger partial charge in [0.25, 0.3) is 0 Å². The Hall–Kier alpha value is -2.25. The van der Waals surface area contributed by atoms with E-state index >= 15 is 0 Å². The number of hydrogen-bond acceptors (Lipinski definition) is 6. The zero-order chi connectivity index (χ0) is 30.2. The van der Waals surface area contributed by atoms with Crippen LogP contribution in [0.15, 0.2) is 36.4 Å². The molecule has 2 aromatic rings. The minimum atomic E-state index is -4.55. The molecule has 0 aromatic heterocycles. The van der Waals surface area contributed by atoms with E-state index in [0.29, 0.717) is 39.0 Å². The first-order valence-corrected chi connectivity index (χ1v) is 15.3. The first-order chi connectivity index (χ1) is 19.9. The Labute approximate surface area is 255 Å². The van der Waals surface area contributed by atoms with Crippen LogP contribution < -0.4 is 0 Å². The number of ketones is 1. The molecule has 2 heterocycles. The lowest BCUT2D eigenvalue weighted by atomic mass is 9.78. The second-order valence-electron chi connectivity index (χ2n) is 11.6. The standard InChI is InChI=1S/C31H34F4INO5/c1-41-29(40)25-16-37(13-11-24(25)18-2-7-22(32)8-3-18)23-10-12-30(42-17-23,20-5-6-20)27(38)9-4-19-14-21(31(33,34)35)15-26(36)28(19)39/h2-3,7-8,14-15,20,23-25,39H,4-6,9-13,16-17H2,1H3/t23-,24+,25-,30+/m1/s1. The van der Waals surface area contributed by atoms with Gasteiger partial charge in [-0.05, 0) is 115 Å². The summed E-state index contributed by atoms with van der Waals surface area (Å²) in [6.07, 6.45) is -1.01. The van der Waals surface area contributed by atoms with E-state index in [9.17, 15) is 32.3 Å². The number of hydrogen-bond donors (Lipinski definition) is 1. The van der Waals surface area contributed by atoms with Crippen LogP contribution in [-0.2, 0) is 31.7 Å². The number of phenols is 1. The van der Waals surface area contributed by atoms with Gasteiger partial charge in [0.2, 0.25) is 0 Å². The summed E-state index contributed by atoms with van der Waals surface area (Å²) >= 11 is 1.67. The molecule has 228 valence electrons. The maximum Gasteiger partial charge on any atom is 0.416 e. The Morgan fingerprint density at radius 3 is 2.45 bits per heavy atom. The zero-order valence-electron chi connectivity index (χ0n) is 23.3. The van der Waals surface area contributed by atoms with Gasteiger partial charge in [-0.25, -0.2) is 4.39 Å². The highest BCUT2D eigenvalue weighted by Crippen LogP contribution is 2.49. The SMILES string of the molecule is COC(=O)[C@@H]1CN([C@@H]2CC[C@@](C(=O)CCc3cc(C(F)(F)F)cc(I)c3O)(C3CC3)OC2)CC[C@H]1c1ccc(F)cc1. The van der Waals surface area contributed by atoms with Crippen molar-refractivity contribution in [2.24, 2.45) is 11.8 Å². The lowest BCUT2D eigenvalue weighted by Crippen LogP contribution is -2.56. The highest BCUT2D eigenvalue weighted by molar-refractivity contribution is 14.1. The molecule has 6 nitrogen and oxygen atoms in total. The van der Waals surface area contributed by atoms with Gasteiger partial charge in [-0.2, -0.15) is 13.2 Å². The predicted octanol–water partition coefficient (Wildman–Crippen LogP) is 6.26. The number of phenolic OH excluding ortho intramolecular Hbond substituents is 1. The van der Waals surface area contributed by atoms with Crippen LogP contribution in [0.25, 0.3) is 0 Å². The number of aryl methyl sites for hydroxylation is 1. The van der Waals surface area contributed by atoms with Crippen molar-refractivity contribution in [3.63, 3.8) is 0 Å². The summed E-state index contributed by atoms with van der Waals surface area (Å²) in [5.41, 5.74) is -0.838. The summed E-state index contributed by atoms with van der Waals surface area (Å²) in [5.74, 6) is -1.46. The van der Waals surface area contributed by atoms with Gasteiger partial charge in [0, 0.05) is 19.0 Å². The minimum absolute atomic E-state index is 0.0000824. The molecule has 1 saturated carbocycles. The maximum absolute atomic E-state index is 13.6. The summed E-state index contributed by atoms with van der Waals surface area (Å²) in [6.45, 7) is 1.48. The number of esters is 1. The fourth-order valence-corrected chi connectivity index (χ4v) is 7.35. The van der Waals surface area contributed by atoms with Gasteiger partial charge in [-0.3, -0.25) is 14.5 Å². The van der Waals surface area contributed by atoms with E-state index in [1.54, 1.807) is 34.7 Å². The second-order valence-corrected chi connectivity index (χ2v) is 12.8. The zero-order valence-corrected chi connectivity index (χ0v) is 25.4. The molecule has 0 amide bonds. The summed E-state index contributed by atoms with van der Waals surface area (Å²) in [4.78, 5) is 28.6. The molecule has 1 aliphatic carbocycles. The fourth-order valence-electron chi connectivity index (χ4n) is 6.67. The Kier molecular flexibility index (Phi) is 9.20. The van der Waals surface area contributed by atoms with Crippen molar-refractivity contribution in [1.82, 2.24) is 4.90 Å². The molecule has 2 saturated heterocycles. The number of benzene rings is 2. The number of nitrogens with zero attached hydrogens (tertiary/aromatic N) is 1. The molecule has 0 spiro atoms. The largest absolute Gasteiger partial charge is 0.507 e. The third-order valence-corrected chi connectivity index (χ3v) is 9.97. The Balaban J connectivity index is 1.24. The minimum Gasteiger partial charge on any atom is -0.507 e. The third kappa shape index (κ3) is 6.47. The molecule has 3 aliphatic rings. The van der Waals surface area contributed by atoms with Gasteiger partial charge >= 0.3 is 12.1 Å². The van der Waals surface area contributed by atoms with Gasteiger partial charge in [-0.15, -0.1) is 0 Å². The lowest BCUT2D eigenvalue weighted by molar-refractivity contribution is -0.165. The van der Waals surface area contributed by atoms with Crippen molar-refractivity contribution >= 4 is 34.3 Å².